The van der Waals surface area contributed by atoms with Crippen LogP contribution in [0.3, 0.4) is 0 Å². The first-order valence-electron chi connectivity index (χ1n) is 7.38. The van der Waals surface area contributed by atoms with Crippen molar-refractivity contribution in [3.05, 3.63) is 29.3 Å². The van der Waals surface area contributed by atoms with E-state index in [2.05, 4.69) is 25.2 Å². The predicted octanol–water partition coefficient (Wildman–Crippen LogP) is 3.79. The van der Waals surface area contributed by atoms with Crippen molar-refractivity contribution < 1.29 is 9.53 Å². The van der Waals surface area contributed by atoms with Gasteiger partial charge in [-0.15, -0.1) is 0 Å². The molecule has 1 aromatic rings. The first kappa shape index (κ1) is 15.8. The highest BCUT2D eigenvalue weighted by molar-refractivity contribution is 5.86. The minimum absolute atomic E-state index is 0.159. The topological polar surface area (TPSA) is 64.3 Å². The first-order valence-corrected chi connectivity index (χ1v) is 7.38. The molecule has 1 saturated carbocycles. The molecule has 0 aliphatic heterocycles. The van der Waals surface area contributed by atoms with E-state index in [1.165, 1.54) is 5.56 Å². The molecule has 2 atom stereocenters. The van der Waals surface area contributed by atoms with Crippen LogP contribution in [0.2, 0.25) is 0 Å². The van der Waals surface area contributed by atoms with Crippen LogP contribution in [-0.2, 0) is 4.74 Å². The third-order valence-corrected chi connectivity index (χ3v) is 4.16. The summed E-state index contributed by atoms with van der Waals surface area (Å²) in [6.45, 7) is 11.9. The number of carbonyl (C=O) groups is 1. The highest BCUT2D eigenvalue weighted by atomic mass is 16.6. The number of anilines is 1. The predicted molar refractivity (Wildman–Crippen MR) is 85.5 cm³/mol. The van der Waals surface area contributed by atoms with Gasteiger partial charge in [-0.05, 0) is 50.3 Å². The SMILES string of the molecule is Cc1cc([C@@H]2[C@@H](N)C2(C)C)ccc1NC(=O)OC(C)(C)C. The van der Waals surface area contributed by atoms with Crippen LogP contribution in [-0.4, -0.2) is 17.7 Å². The van der Waals surface area contributed by atoms with Crippen LogP contribution in [0.4, 0.5) is 10.5 Å². The van der Waals surface area contributed by atoms with E-state index in [-0.39, 0.29) is 11.5 Å². The zero-order valence-corrected chi connectivity index (χ0v) is 13.8. The van der Waals surface area contributed by atoms with Gasteiger partial charge in [-0.1, -0.05) is 26.0 Å². The number of nitrogens with two attached hydrogens (primary N) is 1. The molecule has 1 amide bonds. The lowest BCUT2D eigenvalue weighted by atomic mass is 10.0. The van der Waals surface area contributed by atoms with Gasteiger partial charge >= 0.3 is 6.09 Å². The summed E-state index contributed by atoms with van der Waals surface area (Å²) >= 11 is 0. The molecule has 2 rings (SSSR count). The maximum atomic E-state index is 11.8. The maximum Gasteiger partial charge on any atom is 0.412 e. The summed E-state index contributed by atoms with van der Waals surface area (Å²) in [6, 6.07) is 6.28. The van der Waals surface area contributed by atoms with Gasteiger partial charge in [0.1, 0.15) is 5.60 Å². The van der Waals surface area contributed by atoms with E-state index in [9.17, 15) is 4.79 Å². The number of aryl methyl sites for hydroxylation is 1. The van der Waals surface area contributed by atoms with E-state index in [1.54, 1.807) is 0 Å². The fourth-order valence-corrected chi connectivity index (χ4v) is 2.75. The largest absolute Gasteiger partial charge is 0.444 e. The van der Waals surface area contributed by atoms with Crippen LogP contribution in [0.1, 0.15) is 51.7 Å². The Morgan fingerprint density at radius 2 is 1.90 bits per heavy atom. The molecule has 1 aliphatic rings. The Morgan fingerprint density at radius 3 is 2.33 bits per heavy atom. The minimum Gasteiger partial charge on any atom is -0.444 e. The zero-order chi connectivity index (χ0) is 16.0. The van der Waals surface area contributed by atoms with Crippen molar-refractivity contribution >= 4 is 11.8 Å². The molecule has 4 heteroatoms. The smallest absolute Gasteiger partial charge is 0.412 e. The molecular weight excluding hydrogens is 264 g/mol. The summed E-state index contributed by atoms with van der Waals surface area (Å²) < 4.78 is 5.27. The van der Waals surface area contributed by atoms with Crippen molar-refractivity contribution in [1.82, 2.24) is 0 Å². The monoisotopic (exact) mass is 290 g/mol. The molecule has 0 aromatic heterocycles. The molecule has 0 spiro atoms. The molecule has 0 saturated heterocycles. The van der Waals surface area contributed by atoms with E-state index < -0.39 is 11.7 Å². The lowest BCUT2D eigenvalue weighted by molar-refractivity contribution is 0.0636. The van der Waals surface area contributed by atoms with E-state index >= 15 is 0 Å². The summed E-state index contributed by atoms with van der Waals surface area (Å²) in [5.41, 5.74) is 8.82. The molecule has 21 heavy (non-hydrogen) atoms. The number of hydrogen-bond acceptors (Lipinski definition) is 3. The second-order valence-corrected chi connectivity index (χ2v) is 7.53. The Bertz CT molecular complexity index is 558. The summed E-state index contributed by atoms with van der Waals surface area (Å²) in [7, 11) is 0. The average molecular weight is 290 g/mol. The zero-order valence-electron chi connectivity index (χ0n) is 13.8. The van der Waals surface area contributed by atoms with Crippen molar-refractivity contribution in [2.24, 2.45) is 11.1 Å². The summed E-state index contributed by atoms with van der Waals surface area (Å²) in [5.74, 6) is 0.395. The van der Waals surface area contributed by atoms with Gasteiger partial charge < -0.3 is 10.5 Å². The van der Waals surface area contributed by atoms with Crippen molar-refractivity contribution in [2.45, 2.75) is 59.1 Å². The first-order chi connectivity index (χ1) is 9.52. The van der Waals surface area contributed by atoms with Gasteiger partial charge in [0.05, 0.1) is 0 Å². The molecule has 4 nitrogen and oxygen atoms in total. The summed E-state index contributed by atoms with van der Waals surface area (Å²) in [6.07, 6.45) is -0.429. The molecule has 0 heterocycles. The van der Waals surface area contributed by atoms with Gasteiger partial charge in [0, 0.05) is 17.6 Å². The second kappa shape index (κ2) is 5.02. The van der Waals surface area contributed by atoms with Crippen molar-refractivity contribution in [1.29, 1.82) is 0 Å². The molecule has 0 bridgehead atoms. The summed E-state index contributed by atoms with van der Waals surface area (Å²) in [5, 5.41) is 2.79. The van der Waals surface area contributed by atoms with E-state index in [1.807, 2.05) is 39.8 Å². The van der Waals surface area contributed by atoms with Crippen LogP contribution < -0.4 is 11.1 Å². The molecule has 1 aromatic carbocycles. The molecule has 1 aliphatic carbocycles. The van der Waals surface area contributed by atoms with Crippen molar-refractivity contribution in [3.8, 4) is 0 Å². The third-order valence-electron chi connectivity index (χ3n) is 4.16. The molecule has 1 fully saturated rings. The second-order valence-electron chi connectivity index (χ2n) is 7.53. The van der Waals surface area contributed by atoms with Crippen LogP contribution in [0.15, 0.2) is 18.2 Å². The lowest BCUT2D eigenvalue weighted by Crippen LogP contribution is -2.27. The fraction of sp³-hybridized carbons (Fsp3) is 0.588. The number of rotatable bonds is 2. The van der Waals surface area contributed by atoms with Crippen LogP contribution >= 0.6 is 0 Å². The van der Waals surface area contributed by atoms with Gasteiger partial charge in [-0.3, -0.25) is 5.32 Å². The van der Waals surface area contributed by atoms with Crippen LogP contribution in [0.5, 0.6) is 0 Å². The van der Waals surface area contributed by atoms with Gasteiger partial charge in [-0.2, -0.15) is 0 Å². The number of benzene rings is 1. The normalized spacial score (nSPS) is 23.6. The lowest BCUT2D eigenvalue weighted by Gasteiger charge is -2.20. The van der Waals surface area contributed by atoms with Gasteiger partial charge in [0.15, 0.2) is 0 Å². The Labute approximate surface area is 127 Å². The molecule has 0 radical (unpaired) electrons. The number of hydrogen-bond donors (Lipinski definition) is 2. The van der Waals surface area contributed by atoms with Crippen molar-refractivity contribution in [3.63, 3.8) is 0 Å². The third kappa shape index (κ3) is 3.38. The minimum atomic E-state index is -0.497. The summed E-state index contributed by atoms with van der Waals surface area (Å²) in [4.78, 5) is 11.8. The fourth-order valence-electron chi connectivity index (χ4n) is 2.75. The average Bonchev–Trinajstić information content (AvgIpc) is 2.78. The van der Waals surface area contributed by atoms with E-state index in [0.717, 1.165) is 11.3 Å². The van der Waals surface area contributed by atoms with Gasteiger partial charge in [0.25, 0.3) is 0 Å². The number of amides is 1. The van der Waals surface area contributed by atoms with Crippen molar-refractivity contribution in [2.75, 3.05) is 5.32 Å². The van der Waals surface area contributed by atoms with Crippen LogP contribution in [0.25, 0.3) is 0 Å². The quantitative estimate of drug-likeness (QED) is 0.871. The molecule has 3 N–H and O–H groups in total. The highest BCUT2D eigenvalue weighted by Gasteiger charge is 2.56. The molecule has 0 unspecified atom stereocenters. The number of carbonyl (C=O) groups excluding carboxylic acids is 1. The van der Waals surface area contributed by atoms with Crippen LogP contribution in [0, 0.1) is 12.3 Å². The maximum absolute atomic E-state index is 11.8. The number of nitrogens with one attached hydrogen (secondary N) is 1. The molecular formula is C17H26N2O2. The van der Waals surface area contributed by atoms with E-state index in [4.69, 9.17) is 10.5 Å². The highest BCUT2D eigenvalue weighted by Crippen LogP contribution is 2.57. The van der Waals surface area contributed by atoms with Gasteiger partial charge in [-0.25, -0.2) is 4.79 Å². The Balaban J connectivity index is 2.09. The molecule has 116 valence electrons. The Morgan fingerprint density at radius 1 is 1.33 bits per heavy atom. The van der Waals surface area contributed by atoms with Gasteiger partial charge in [0.2, 0.25) is 0 Å². The standard InChI is InChI=1S/C17H26N2O2/c1-10-9-11(13-14(18)17(13,5)6)7-8-12(10)19-15(20)21-16(2,3)4/h7-9,13-14H,18H2,1-6H3,(H,19,20)/t13-,14-/m1/s1. The number of ether oxygens (including phenoxy) is 1. The van der Waals surface area contributed by atoms with E-state index in [0.29, 0.717) is 5.92 Å². The Hall–Kier alpha value is -1.55. The Kier molecular flexibility index (Phi) is 3.79.